The van der Waals surface area contributed by atoms with Crippen LogP contribution in [0.3, 0.4) is 0 Å². The Morgan fingerprint density at radius 3 is 1.93 bits per heavy atom. The van der Waals surface area contributed by atoms with Crippen molar-refractivity contribution in [1.29, 1.82) is 0 Å². The Hall–Kier alpha value is -4.39. The summed E-state index contributed by atoms with van der Waals surface area (Å²) in [6, 6.07) is 30.7. The van der Waals surface area contributed by atoms with Crippen molar-refractivity contribution in [2.24, 2.45) is 0 Å². The highest BCUT2D eigenvalue weighted by Gasteiger charge is 2.34. The molecule has 4 nitrogen and oxygen atoms in total. The number of anilines is 2. The third-order valence-corrected chi connectivity index (χ3v) is 6.11. The van der Waals surface area contributed by atoms with Gasteiger partial charge in [0, 0.05) is 16.9 Å². The number of nitrogens with one attached hydrogen (secondary N) is 2. The molecule has 4 aromatic carbocycles. The molecule has 0 bridgehead atoms. The fourth-order valence-corrected chi connectivity index (χ4v) is 4.03. The van der Waals surface area contributed by atoms with Gasteiger partial charge in [-0.15, -0.1) is 0 Å². The van der Waals surface area contributed by atoms with Crippen LogP contribution in [-0.4, -0.2) is 11.8 Å². The van der Waals surface area contributed by atoms with E-state index in [-0.39, 0.29) is 11.5 Å². The van der Waals surface area contributed by atoms with Gasteiger partial charge >= 0.3 is 6.18 Å². The number of alkyl halides is 3. The number of hydrogen-bond donors (Lipinski definition) is 2. The molecule has 0 radical (unpaired) electrons. The number of halogens is 3. The molecular weight excluding hydrogens is 513 g/mol. The molecule has 2 amide bonds. The first-order valence-electron chi connectivity index (χ1n) is 13.3. The molecule has 40 heavy (non-hydrogen) atoms. The largest absolute Gasteiger partial charge is 0.417 e. The van der Waals surface area contributed by atoms with Crippen molar-refractivity contribution < 1.29 is 22.8 Å². The van der Waals surface area contributed by atoms with E-state index in [2.05, 4.69) is 17.6 Å². The summed E-state index contributed by atoms with van der Waals surface area (Å²) in [6.07, 6.45) is 0.584. The van der Waals surface area contributed by atoms with Gasteiger partial charge < -0.3 is 10.6 Å². The molecule has 0 unspecified atom stereocenters. The number of carbonyl (C=O) groups is 2. The van der Waals surface area contributed by atoms with Gasteiger partial charge in [0.25, 0.3) is 11.8 Å². The van der Waals surface area contributed by atoms with E-state index >= 15 is 0 Å². The van der Waals surface area contributed by atoms with E-state index in [9.17, 15) is 22.8 Å². The zero-order valence-corrected chi connectivity index (χ0v) is 22.4. The second-order valence-corrected chi connectivity index (χ2v) is 9.15. The van der Waals surface area contributed by atoms with Crippen molar-refractivity contribution in [3.8, 4) is 0 Å². The molecule has 0 aliphatic rings. The predicted octanol–water partition coefficient (Wildman–Crippen LogP) is 9.02. The highest BCUT2D eigenvalue weighted by molar-refractivity contribution is 6.06. The fourth-order valence-electron chi connectivity index (χ4n) is 4.03. The van der Waals surface area contributed by atoms with Gasteiger partial charge in [0.2, 0.25) is 0 Å². The number of benzene rings is 4. The quantitative estimate of drug-likeness (QED) is 0.206. The maximum atomic E-state index is 13.1. The molecule has 0 fully saturated rings. The maximum Gasteiger partial charge on any atom is 0.417 e. The van der Waals surface area contributed by atoms with E-state index in [1.165, 1.54) is 18.2 Å². The minimum absolute atomic E-state index is 0.0817. The number of carbonyl (C=O) groups excluding carboxylic acids is 2. The summed E-state index contributed by atoms with van der Waals surface area (Å²) in [6.45, 7) is 2.13. The zero-order valence-electron chi connectivity index (χ0n) is 22.4. The van der Waals surface area contributed by atoms with Gasteiger partial charge in [-0.05, 0) is 60.9 Å². The molecule has 0 spiro atoms. The van der Waals surface area contributed by atoms with Gasteiger partial charge in [0.05, 0.1) is 11.1 Å². The smallest absolute Gasteiger partial charge is 0.322 e. The number of unbranched alkanes of at least 4 members (excludes halogenated alkanes) is 3. The Morgan fingerprint density at radius 1 is 0.650 bits per heavy atom. The molecule has 0 saturated heterocycles. The number of aryl methyl sites for hydroxylation is 1. The molecule has 0 atom stereocenters. The molecule has 2 N–H and O–H groups in total. The number of hydrogen-bond acceptors (Lipinski definition) is 2. The summed E-state index contributed by atoms with van der Waals surface area (Å²) >= 11 is 0. The first kappa shape index (κ1) is 30.2. The Morgan fingerprint density at radius 2 is 1.25 bits per heavy atom. The minimum Gasteiger partial charge on any atom is -0.322 e. The topological polar surface area (TPSA) is 58.2 Å². The highest BCUT2D eigenvalue weighted by Crippen LogP contribution is 2.32. The lowest BCUT2D eigenvalue weighted by Crippen LogP contribution is -2.19. The van der Waals surface area contributed by atoms with E-state index in [4.69, 9.17) is 0 Å². The average molecular weight is 547 g/mol. The van der Waals surface area contributed by atoms with Crippen molar-refractivity contribution in [1.82, 2.24) is 0 Å². The van der Waals surface area contributed by atoms with Crippen LogP contribution in [0, 0.1) is 0 Å². The second-order valence-electron chi connectivity index (χ2n) is 9.15. The monoisotopic (exact) mass is 546 g/mol. The molecule has 4 aromatic rings. The van der Waals surface area contributed by atoms with E-state index in [1.807, 2.05) is 60.7 Å². The predicted molar refractivity (Wildman–Crippen MR) is 155 cm³/mol. The summed E-state index contributed by atoms with van der Waals surface area (Å²) in [7, 11) is 0. The van der Waals surface area contributed by atoms with Crippen LogP contribution in [0.5, 0.6) is 0 Å². The summed E-state index contributed by atoms with van der Waals surface area (Å²) in [4.78, 5) is 24.1. The van der Waals surface area contributed by atoms with Crippen LogP contribution in [0.1, 0.15) is 64.4 Å². The van der Waals surface area contributed by atoms with Crippen molar-refractivity contribution in [2.45, 2.75) is 45.2 Å². The molecular formula is C33H33F3N2O2. The van der Waals surface area contributed by atoms with Gasteiger partial charge in [0.15, 0.2) is 0 Å². The van der Waals surface area contributed by atoms with Gasteiger partial charge in [-0.2, -0.15) is 13.2 Å². The molecule has 0 heterocycles. The number of rotatable bonds is 9. The first-order valence-corrected chi connectivity index (χ1v) is 13.3. The van der Waals surface area contributed by atoms with Gasteiger partial charge in [0.1, 0.15) is 0 Å². The molecule has 4 rings (SSSR count). The van der Waals surface area contributed by atoms with Crippen molar-refractivity contribution in [2.75, 3.05) is 10.6 Å². The number of amides is 2. The lowest BCUT2D eigenvalue weighted by atomic mass is 10.0. The van der Waals surface area contributed by atoms with E-state index < -0.39 is 17.6 Å². The minimum atomic E-state index is -4.56. The van der Waals surface area contributed by atoms with Crippen molar-refractivity contribution >= 4 is 23.2 Å². The number of para-hydroxylation sites is 2. The lowest BCUT2D eigenvalue weighted by molar-refractivity contribution is -0.137. The Bertz CT molecular complexity index is 1360. The van der Waals surface area contributed by atoms with Gasteiger partial charge in [-0.3, -0.25) is 9.59 Å². The standard InChI is InChI=1S/C20H22F3NO.C13H11NO/c1-2-3-4-5-10-15-11-6-9-14-18(15)24-19(25)16-12-7-8-13-17(16)20(21,22)23;15-13(11-7-3-1-4-8-11)14-12-9-5-2-6-10-12/h6-9,11-14H,2-5,10H2,1H3,(H,24,25);1-10H,(H,14,15). The van der Waals surface area contributed by atoms with Gasteiger partial charge in [-0.25, -0.2) is 0 Å². The third kappa shape index (κ3) is 9.42. The Balaban J connectivity index is 0.000000249. The average Bonchev–Trinajstić information content (AvgIpc) is 2.97. The summed E-state index contributed by atoms with van der Waals surface area (Å²) in [5.74, 6) is -0.823. The van der Waals surface area contributed by atoms with Crippen LogP contribution in [0.4, 0.5) is 24.5 Å². The van der Waals surface area contributed by atoms with Crippen LogP contribution >= 0.6 is 0 Å². The zero-order chi connectivity index (χ0) is 28.8. The van der Waals surface area contributed by atoms with E-state index in [1.54, 1.807) is 24.3 Å². The maximum absolute atomic E-state index is 13.1. The first-order chi connectivity index (χ1) is 19.3. The Kier molecular flexibility index (Phi) is 11.5. The third-order valence-electron chi connectivity index (χ3n) is 6.11. The second kappa shape index (κ2) is 15.3. The lowest BCUT2D eigenvalue weighted by Gasteiger charge is -2.14. The normalized spacial score (nSPS) is 10.7. The molecule has 0 saturated carbocycles. The summed E-state index contributed by atoms with van der Waals surface area (Å²) in [5.41, 5.74) is 1.70. The van der Waals surface area contributed by atoms with Crippen LogP contribution in [0.15, 0.2) is 109 Å². The molecule has 7 heteroatoms. The SMILES string of the molecule is CCCCCCc1ccccc1NC(=O)c1ccccc1C(F)(F)F.O=C(Nc1ccccc1)c1ccccc1. The highest BCUT2D eigenvalue weighted by atomic mass is 19.4. The van der Waals surface area contributed by atoms with E-state index in [0.29, 0.717) is 11.3 Å². The molecule has 0 aromatic heterocycles. The van der Waals surface area contributed by atoms with Gasteiger partial charge in [-0.1, -0.05) is 92.9 Å². The van der Waals surface area contributed by atoms with Crippen molar-refractivity contribution in [3.05, 3.63) is 131 Å². The van der Waals surface area contributed by atoms with Crippen LogP contribution in [-0.2, 0) is 12.6 Å². The molecule has 208 valence electrons. The Labute approximate surface area is 233 Å². The van der Waals surface area contributed by atoms with Crippen molar-refractivity contribution in [3.63, 3.8) is 0 Å². The summed E-state index contributed by atoms with van der Waals surface area (Å²) in [5, 5.41) is 5.46. The fraction of sp³-hybridized carbons (Fsp3) is 0.212. The molecule has 0 aliphatic carbocycles. The van der Waals surface area contributed by atoms with Crippen LogP contribution in [0.25, 0.3) is 0 Å². The van der Waals surface area contributed by atoms with Crippen LogP contribution < -0.4 is 10.6 Å². The van der Waals surface area contributed by atoms with E-state index in [0.717, 1.165) is 49.4 Å². The van der Waals surface area contributed by atoms with Crippen LogP contribution in [0.2, 0.25) is 0 Å². The summed E-state index contributed by atoms with van der Waals surface area (Å²) < 4.78 is 39.3. The molecule has 0 aliphatic heterocycles.